The smallest absolute Gasteiger partial charge is 0.226 e. The lowest BCUT2D eigenvalue weighted by Gasteiger charge is -2.25. The Morgan fingerprint density at radius 3 is 2.62 bits per heavy atom. The molecule has 0 bridgehead atoms. The summed E-state index contributed by atoms with van der Waals surface area (Å²) < 4.78 is 6.34. The zero-order chi connectivity index (χ0) is 27.5. The van der Waals surface area contributed by atoms with E-state index in [9.17, 15) is 4.79 Å². The number of halogens is 1. The molecule has 6 nitrogen and oxygen atoms in total. The van der Waals surface area contributed by atoms with E-state index in [1.54, 1.807) is 6.20 Å². The van der Waals surface area contributed by atoms with Gasteiger partial charge >= 0.3 is 0 Å². The Morgan fingerprint density at radius 2 is 1.80 bits per heavy atom. The third-order valence-corrected chi connectivity index (χ3v) is 8.30. The molecule has 1 fully saturated rings. The molecule has 1 saturated heterocycles. The Labute approximate surface area is 246 Å². The van der Waals surface area contributed by atoms with E-state index in [4.69, 9.17) is 28.2 Å². The molecule has 0 saturated carbocycles. The van der Waals surface area contributed by atoms with Gasteiger partial charge in [0.25, 0.3) is 0 Å². The minimum absolute atomic E-state index is 0.0855. The van der Waals surface area contributed by atoms with E-state index in [2.05, 4.69) is 15.6 Å². The summed E-state index contributed by atoms with van der Waals surface area (Å²) in [7, 11) is 0. The standard InChI is InChI=1S/C31H25ClN4O2S2/c32-21-11-13-22(14-12-21)40-28-16-15-26(38-28)30-29(25-9-3-4-18-33-25)35-31(39)36(30)19-17-27(37)34-24-10-5-7-20-6-1-2-8-23(20)24/h1-16,18,29-30H,17,19H2,(H,34,37)(H,35,39)/t29-,30+/m1/s1. The lowest BCUT2D eigenvalue weighted by atomic mass is 10.0. The second-order valence-corrected chi connectivity index (χ2v) is 11.3. The molecule has 2 atom stereocenters. The number of carbonyl (C=O) groups excluding carboxylic acids is 1. The van der Waals surface area contributed by atoms with Crippen LogP contribution < -0.4 is 10.6 Å². The fourth-order valence-electron chi connectivity index (χ4n) is 4.89. The number of nitrogens with zero attached hydrogens (tertiary/aromatic N) is 2. The number of rotatable bonds is 8. The molecule has 1 aliphatic rings. The third kappa shape index (κ3) is 5.70. The summed E-state index contributed by atoms with van der Waals surface area (Å²) in [6, 6.07) is 30.8. The first-order valence-corrected chi connectivity index (χ1v) is 14.4. The van der Waals surface area contributed by atoms with Crippen molar-refractivity contribution in [3.05, 3.63) is 120 Å². The van der Waals surface area contributed by atoms with E-state index in [0.717, 1.165) is 37.9 Å². The van der Waals surface area contributed by atoms with E-state index in [0.29, 0.717) is 16.7 Å². The van der Waals surface area contributed by atoms with E-state index in [1.165, 1.54) is 11.8 Å². The van der Waals surface area contributed by atoms with Crippen molar-refractivity contribution >= 4 is 63.1 Å². The number of thiocarbonyl (C=S) groups is 1. The first-order valence-electron chi connectivity index (χ1n) is 12.8. The van der Waals surface area contributed by atoms with Gasteiger partial charge in [0.2, 0.25) is 5.91 Å². The van der Waals surface area contributed by atoms with Crippen molar-refractivity contribution in [2.75, 3.05) is 11.9 Å². The van der Waals surface area contributed by atoms with Crippen molar-refractivity contribution in [3.63, 3.8) is 0 Å². The number of amides is 1. The summed E-state index contributed by atoms with van der Waals surface area (Å²) in [4.78, 5) is 20.7. The Kier molecular flexibility index (Phi) is 7.73. The van der Waals surface area contributed by atoms with Gasteiger partial charge in [0, 0.05) is 40.2 Å². The van der Waals surface area contributed by atoms with E-state index in [1.807, 2.05) is 102 Å². The summed E-state index contributed by atoms with van der Waals surface area (Å²) >= 11 is 13.3. The number of anilines is 1. The van der Waals surface area contributed by atoms with Crippen LogP contribution in [0.25, 0.3) is 10.8 Å². The number of benzene rings is 3. The number of carbonyl (C=O) groups is 1. The fourth-order valence-corrected chi connectivity index (χ4v) is 6.13. The average Bonchev–Trinajstić information content (AvgIpc) is 3.57. The second kappa shape index (κ2) is 11.7. The quantitative estimate of drug-likeness (QED) is 0.182. The molecular weight excluding hydrogens is 560 g/mol. The van der Waals surface area contributed by atoms with Crippen LogP contribution in [0.1, 0.15) is 30.0 Å². The normalized spacial score (nSPS) is 16.7. The first-order chi connectivity index (χ1) is 19.5. The molecule has 0 radical (unpaired) electrons. The molecule has 6 rings (SSSR count). The number of pyridine rings is 1. The highest BCUT2D eigenvalue weighted by Crippen LogP contribution is 2.41. The van der Waals surface area contributed by atoms with E-state index >= 15 is 0 Å². The Morgan fingerprint density at radius 1 is 1.00 bits per heavy atom. The molecule has 0 spiro atoms. The number of aromatic nitrogens is 1. The van der Waals surface area contributed by atoms with Gasteiger partial charge in [-0.2, -0.15) is 0 Å². The maximum absolute atomic E-state index is 13.1. The minimum Gasteiger partial charge on any atom is -0.452 e. The Bertz CT molecular complexity index is 1650. The van der Waals surface area contributed by atoms with Gasteiger partial charge in [0.1, 0.15) is 11.8 Å². The van der Waals surface area contributed by atoms with Crippen molar-refractivity contribution in [1.29, 1.82) is 0 Å². The Hall–Kier alpha value is -3.85. The van der Waals surface area contributed by atoms with Crippen LogP contribution in [0.15, 0.2) is 118 Å². The van der Waals surface area contributed by atoms with Crippen molar-refractivity contribution in [1.82, 2.24) is 15.2 Å². The van der Waals surface area contributed by atoms with Gasteiger partial charge in [0.15, 0.2) is 10.2 Å². The molecule has 200 valence electrons. The molecule has 9 heteroatoms. The van der Waals surface area contributed by atoms with Crippen molar-refractivity contribution in [2.24, 2.45) is 0 Å². The predicted molar refractivity (Wildman–Crippen MR) is 164 cm³/mol. The highest BCUT2D eigenvalue weighted by Gasteiger charge is 2.41. The van der Waals surface area contributed by atoms with Gasteiger partial charge in [-0.25, -0.2) is 0 Å². The van der Waals surface area contributed by atoms with Crippen molar-refractivity contribution in [2.45, 2.75) is 28.5 Å². The number of hydrogen-bond acceptors (Lipinski definition) is 5. The van der Waals surface area contributed by atoms with Gasteiger partial charge in [-0.3, -0.25) is 9.78 Å². The minimum atomic E-state index is -0.271. The molecule has 0 unspecified atom stereocenters. The van der Waals surface area contributed by atoms with Gasteiger partial charge in [-0.05, 0) is 72.2 Å². The molecule has 1 aliphatic heterocycles. The SMILES string of the molecule is O=C(CCN1C(=S)N[C@H](c2ccccn2)[C@@H]1c1ccc(Sc2ccc(Cl)cc2)o1)Nc1cccc2ccccc12. The molecule has 3 heterocycles. The molecule has 2 N–H and O–H groups in total. The van der Waals surface area contributed by atoms with Crippen LogP contribution in [0, 0.1) is 0 Å². The summed E-state index contributed by atoms with van der Waals surface area (Å²) in [5.41, 5.74) is 1.64. The highest BCUT2D eigenvalue weighted by molar-refractivity contribution is 7.99. The lowest BCUT2D eigenvalue weighted by molar-refractivity contribution is -0.116. The molecule has 2 aromatic heterocycles. The maximum Gasteiger partial charge on any atom is 0.226 e. The number of fused-ring (bicyclic) bond motifs is 1. The molecular formula is C31H25ClN4O2S2. The second-order valence-electron chi connectivity index (χ2n) is 9.36. The molecule has 1 amide bonds. The lowest BCUT2D eigenvalue weighted by Crippen LogP contribution is -2.32. The monoisotopic (exact) mass is 584 g/mol. The number of hydrogen-bond donors (Lipinski definition) is 2. The van der Waals surface area contributed by atoms with Crippen LogP contribution in [0.2, 0.25) is 5.02 Å². The van der Waals surface area contributed by atoms with Crippen molar-refractivity contribution in [3.8, 4) is 0 Å². The predicted octanol–water partition coefficient (Wildman–Crippen LogP) is 7.63. The van der Waals surface area contributed by atoms with E-state index in [-0.39, 0.29) is 24.4 Å². The first kappa shape index (κ1) is 26.4. The van der Waals surface area contributed by atoms with Gasteiger partial charge in [-0.1, -0.05) is 65.8 Å². The van der Waals surface area contributed by atoms with E-state index < -0.39 is 0 Å². The van der Waals surface area contributed by atoms with Crippen LogP contribution in [-0.4, -0.2) is 27.4 Å². The average molecular weight is 585 g/mol. The van der Waals surface area contributed by atoms with Crippen LogP contribution in [0.4, 0.5) is 5.69 Å². The van der Waals surface area contributed by atoms with Gasteiger partial charge in [-0.15, -0.1) is 0 Å². The summed E-state index contributed by atoms with van der Waals surface area (Å²) in [5, 5.41) is 10.6. The summed E-state index contributed by atoms with van der Waals surface area (Å²) in [5.74, 6) is 0.659. The Balaban J connectivity index is 1.22. The van der Waals surface area contributed by atoms with Crippen LogP contribution in [-0.2, 0) is 4.79 Å². The number of nitrogens with one attached hydrogen (secondary N) is 2. The van der Waals surface area contributed by atoms with Crippen LogP contribution in [0.5, 0.6) is 0 Å². The molecule has 5 aromatic rings. The zero-order valence-electron chi connectivity index (χ0n) is 21.3. The highest BCUT2D eigenvalue weighted by atomic mass is 35.5. The topological polar surface area (TPSA) is 70.4 Å². The summed E-state index contributed by atoms with van der Waals surface area (Å²) in [6.45, 7) is 0.413. The molecule has 3 aromatic carbocycles. The molecule has 40 heavy (non-hydrogen) atoms. The van der Waals surface area contributed by atoms with Gasteiger partial charge in [0.05, 0.1) is 11.7 Å². The molecule has 0 aliphatic carbocycles. The number of furan rings is 1. The maximum atomic E-state index is 13.1. The largest absolute Gasteiger partial charge is 0.452 e. The van der Waals surface area contributed by atoms with Crippen molar-refractivity contribution < 1.29 is 9.21 Å². The fraction of sp³-hybridized carbons (Fsp3) is 0.129. The zero-order valence-corrected chi connectivity index (χ0v) is 23.7. The third-order valence-electron chi connectivity index (χ3n) is 6.77. The summed E-state index contributed by atoms with van der Waals surface area (Å²) in [6.07, 6.45) is 2.02. The van der Waals surface area contributed by atoms with Gasteiger partial charge < -0.3 is 20.0 Å². The van der Waals surface area contributed by atoms with Crippen LogP contribution in [0.3, 0.4) is 0 Å². The van der Waals surface area contributed by atoms with Crippen LogP contribution >= 0.6 is 35.6 Å².